The lowest BCUT2D eigenvalue weighted by atomic mass is 9.83. The van der Waals surface area contributed by atoms with E-state index in [4.69, 9.17) is 13.0 Å². The molecule has 3 nitrogen and oxygen atoms in total. The number of carboxylic acids is 1. The first-order valence-electron chi connectivity index (χ1n) is 5.66. The molecular weight excluding hydrogens is 189 g/mol. The maximum absolute atomic E-state index is 10.4. The molecule has 0 aliphatic heterocycles. The van der Waals surface area contributed by atoms with Gasteiger partial charge in [-0.05, 0) is 26.3 Å². The van der Waals surface area contributed by atoms with Crippen molar-refractivity contribution in [3.05, 3.63) is 0 Å². The van der Waals surface area contributed by atoms with Crippen LogP contribution in [0.4, 0.5) is 0 Å². The second-order valence-electron chi connectivity index (χ2n) is 4.40. The Morgan fingerprint density at radius 1 is 1.53 bits per heavy atom. The van der Waals surface area contributed by atoms with E-state index in [1.54, 1.807) is 0 Å². The maximum atomic E-state index is 10.4. The lowest BCUT2D eigenvalue weighted by molar-refractivity contribution is -0.137. The number of hydrogen-bond acceptors (Lipinski definition) is 2. The van der Waals surface area contributed by atoms with E-state index < -0.39 is 5.97 Å². The first-order valence-corrected chi connectivity index (χ1v) is 5.66. The van der Waals surface area contributed by atoms with Crippen LogP contribution in [0.3, 0.4) is 0 Å². The standard InChI is InChI=1S/C11H22BNO2/c1-4-6-11(3,5-2)13-8-9(12)7-10(14)15/h9,13H,4-8H2,1-3H3,(H,14,15). The quantitative estimate of drug-likeness (QED) is 0.603. The molecule has 15 heavy (non-hydrogen) atoms. The van der Waals surface area contributed by atoms with Crippen LogP contribution in [0.25, 0.3) is 0 Å². The SMILES string of the molecule is [B]C(CNC(C)(CC)CCC)CC(=O)O. The highest BCUT2D eigenvalue weighted by molar-refractivity contribution is 6.13. The van der Waals surface area contributed by atoms with Gasteiger partial charge in [0.15, 0.2) is 0 Å². The third-order valence-electron chi connectivity index (χ3n) is 2.81. The molecule has 0 saturated heterocycles. The van der Waals surface area contributed by atoms with Crippen LogP contribution in [0, 0.1) is 0 Å². The van der Waals surface area contributed by atoms with Crippen molar-refractivity contribution in [3.63, 3.8) is 0 Å². The molecule has 0 fully saturated rings. The fourth-order valence-electron chi connectivity index (χ4n) is 1.62. The second-order valence-corrected chi connectivity index (χ2v) is 4.40. The van der Waals surface area contributed by atoms with E-state index in [0.29, 0.717) is 6.54 Å². The normalized spacial score (nSPS) is 17.0. The Labute approximate surface area is 94.0 Å². The van der Waals surface area contributed by atoms with Crippen LogP contribution < -0.4 is 5.32 Å². The number of carbonyl (C=O) groups is 1. The smallest absolute Gasteiger partial charge is 0.302 e. The van der Waals surface area contributed by atoms with Crippen LogP contribution >= 0.6 is 0 Å². The van der Waals surface area contributed by atoms with E-state index in [-0.39, 0.29) is 17.8 Å². The van der Waals surface area contributed by atoms with Gasteiger partial charge in [-0.3, -0.25) is 4.79 Å². The van der Waals surface area contributed by atoms with Crippen LogP contribution in [0.1, 0.15) is 46.5 Å². The molecular formula is C11H22BNO2. The van der Waals surface area contributed by atoms with Gasteiger partial charge in [-0.1, -0.05) is 26.1 Å². The molecule has 0 bridgehead atoms. The van der Waals surface area contributed by atoms with Crippen molar-refractivity contribution in [2.45, 2.75) is 57.8 Å². The first-order chi connectivity index (χ1) is 6.93. The molecule has 0 aromatic carbocycles. The minimum Gasteiger partial charge on any atom is -0.481 e. The molecule has 0 aromatic rings. The predicted molar refractivity (Wildman–Crippen MR) is 63.4 cm³/mol. The highest BCUT2D eigenvalue weighted by Gasteiger charge is 2.20. The van der Waals surface area contributed by atoms with E-state index in [1.807, 2.05) is 0 Å². The fraction of sp³-hybridized carbons (Fsp3) is 0.909. The van der Waals surface area contributed by atoms with Crippen LogP contribution in [0.2, 0.25) is 5.82 Å². The number of aliphatic carboxylic acids is 1. The van der Waals surface area contributed by atoms with Crippen LogP contribution in [-0.2, 0) is 4.79 Å². The molecule has 0 heterocycles. The Bertz CT molecular complexity index is 199. The maximum Gasteiger partial charge on any atom is 0.302 e. The van der Waals surface area contributed by atoms with Gasteiger partial charge in [0.05, 0.1) is 7.85 Å². The second kappa shape index (κ2) is 6.88. The summed E-state index contributed by atoms with van der Waals surface area (Å²) in [5.74, 6) is -1.14. The Morgan fingerprint density at radius 2 is 2.13 bits per heavy atom. The minimum absolute atomic E-state index is 0.0267. The molecule has 2 unspecified atom stereocenters. The van der Waals surface area contributed by atoms with Gasteiger partial charge in [-0.15, -0.1) is 0 Å². The lowest BCUT2D eigenvalue weighted by Crippen LogP contribution is -2.43. The molecule has 4 heteroatoms. The summed E-state index contributed by atoms with van der Waals surface area (Å²) in [5.41, 5.74) is 0.0882. The summed E-state index contributed by atoms with van der Waals surface area (Å²) in [5, 5.41) is 11.9. The topological polar surface area (TPSA) is 49.3 Å². The molecule has 86 valence electrons. The van der Waals surface area contributed by atoms with E-state index in [0.717, 1.165) is 19.3 Å². The van der Waals surface area contributed by atoms with Gasteiger partial charge in [-0.25, -0.2) is 0 Å². The summed E-state index contributed by atoms with van der Waals surface area (Å²) in [6, 6.07) is 0. The molecule has 0 rings (SSSR count). The molecule has 0 aliphatic carbocycles. The average Bonchev–Trinajstić information content (AvgIpc) is 2.14. The van der Waals surface area contributed by atoms with E-state index in [9.17, 15) is 4.79 Å². The summed E-state index contributed by atoms with van der Waals surface area (Å²) in [4.78, 5) is 10.4. The zero-order valence-corrected chi connectivity index (χ0v) is 10.0. The number of carboxylic acid groups (broad SMARTS) is 1. The van der Waals surface area contributed by atoms with Gasteiger partial charge in [0.1, 0.15) is 0 Å². The number of hydrogen-bond donors (Lipinski definition) is 2. The van der Waals surface area contributed by atoms with Gasteiger partial charge in [-0.2, -0.15) is 0 Å². The van der Waals surface area contributed by atoms with E-state index >= 15 is 0 Å². The Kier molecular flexibility index (Phi) is 6.65. The number of rotatable bonds is 8. The molecule has 0 amide bonds. The van der Waals surface area contributed by atoms with E-state index in [2.05, 4.69) is 26.1 Å². The molecule has 2 N–H and O–H groups in total. The molecule has 0 aromatic heterocycles. The van der Waals surface area contributed by atoms with Gasteiger partial charge in [0.2, 0.25) is 0 Å². The van der Waals surface area contributed by atoms with Crippen LogP contribution in [-0.4, -0.2) is 31.0 Å². The summed E-state index contributed by atoms with van der Waals surface area (Å²) in [6.45, 7) is 7.00. The predicted octanol–water partition coefficient (Wildman–Crippen LogP) is 1.98. The Hall–Kier alpha value is -0.505. The van der Waals surface area contributed by atoms with Gasteiger partial charge in [0.25, 0.3) is 0 Å². The molecule has 0 spiro atoms. The van der Waals surface area contributed by atoms with E-state index in [1.165, 1.54) is 0 Å². The summed E-state index contributed by atoms with van der Waals surface area (Å²) >= 11 is 0. The van der Waals surface area contributed by atoms with Gasteiger partial charge >= 0.3 is 5.97 Å². The molecule has 2 radical (unpaired) electrons. The van der Waals surface area contributed by atoms with Crippen LogP contribution in [0.5, 0.6) is 0 Å². The molecule has 2 atom stereocenters. The average molecular weight is 211 g/mol. The Morgan fingerprint density at radius 3 is 2.53 bits per heavy atom. The van der Waals surface area contributed by atoms with Crippen molar-refractivity contribution in [3.8, 4) is 0 Å². The van der Waals surface area contributed by atoms with Gasteiger partial charge in [0, 0.05) is 12.0 Å². The van der Waals surface area contributed by atoms with Crippen molar-refractivity contribution >= 4 is 13.8 Å². The minimum atomic E-state index is -0.835. The summed E-state index contributed by atoms with van der Waals surface area (Å²) in [7, 11) is 5.69. The third kappa shape index (κ3) is 6.55. The van der Waals surface area contributed by atoms with Crippen molar-refractivity contribution in [2.75, 3.05) is 6.54 Å². The fourth-order valence-corrected chi connectivity index (χ4v) is 1.62. The van der Waals surface area contributed by atoms with Gasteiger partial charge < -0.3 is 10.4 Å². The van der Waals surface area contributed by atoms with Crippen molar-refractivity contribution < 1.29 is 9.90 Å². The molecule has 0 saturated carbocycles. The Balaban J connectivity index is 3.94. The zero-order valence-electron chi connectivity index (χ0n) is 10.0. The lowest BCUT2D eigenvalue weighted by Gasteiger charge is -2.31. The van der Waals surface area contributed by atoms with Crippen LogP contribution in [0.15, 0.2) is 0 Å². The third-order valence-corrected chi connectivity index (χ3v) is 2.81. The van der Waals surface area contributed by atoms with Crippen molar-refractivity contribution in [1.82, 2.24) is 5.32 Å². The zero-order chi connectivity index (χ0) is 11.9. The highest BCUT2D eigenvalue weighted by atomic mass is 16.4. The highest BCUT2D eigenvalue weighted by Crippen LogP contribution is 2.17. The largest absolute Gasteiger partial charge is 0.481 e. The summed E-state index contributed by atoms with van der Waals surface area (Å²) in [6.07, 6.45) is 3.26. The summed E-state index contributed by atoms with van der Waals surface area (Å²) < 4.78 is 0. The van der Waals surface area contributed by atoms with Crippen molar-refractivity contribution in [2.24, 2.45) is 0 Å². The monoisotopic (exact) mass is 211 g/mol. The van der Waals surface area contributed by atoms with Crippen molar-refractivity contribution in [1.29, 1.82) is 0 Å². The molecule has 0 aliphatic rings. The number of nitrogens with one attached hydrogen (secondary N) is 1. The first kappa shape index (κ1) is 14.5.